The molecule has 1 amide bonds. The molecular formula is C21H30N2O6S. The maximum atomic E-state index is 13.3. The van der Waals surface area contributed by atoms with Crippen LogP contribution >= 0.6 is 0 Å². The van der Waals surface area contributed by atoms with Crippen molar-refractivity contribution >= 4 is 27.6 Å². The normalized spacial score (nSPS) is 24.7. The third-order valence-electron chi connectivity index (χ3n) is 5.91. The van der Waals surface area contributed by atoms with Crippen LogP contribution in [-0.2, 0) is 19.4 Å². The van der Waals surface area contributed by atoms with Crippen molar-refractivity contribution in [3.05, 3.63) is 23.8 Å². The minimum Gasteiger partial charge on any atom is -0.465 e. The summed E-state index contributed by atoms with van der Waals surface area (Å²) in [6.45, 7) is 7.14. The fourth-order valence-electron chi connectivity index (χ4n) is 4.26. The van der Waals surface area contributed by atoms with Crippen molar-refractivity contribution in [3.8, 4) is 0 Å². The van der Waals surface area contributed by atoms with E-state index in [4.69, 9.17) is 10.5 Å². The van der Waals surface area contributed by atoms with Gasteiger partial charge in [0.05, 0.1) is 21.6 Å². The number of ether oxygens (including phenoxy) is 1. The second-order valence-corrected chi connectivity index (χ2v) is 11.4. The van der Waals surface area contributed by atoms with Crippen molar-refractivity contribution in [3.63, 3.8) is 0 Å². The van der Waals surface area contributed by atoms with Crippen molar-refractivity contribution in [2.24, 2.45) is 5.41 Å². The van der Waals surface area contributed by atoms with Crippen molar-refractivity contribution in [1.29, 1.82) is 0 Å². The molecule has 2 fully saturated rings. The van der Waals surface area contributed by atoms with Crippen LogP contribution in [0.2, 0.25) is 0 Å². The number of hydrogen-bond donors (Lipinski definition) is 2. The smallest absolute Gasteiger partial charge is 0.407 e. The summed E-state index contributed by atoms with van der Waals surface area (Å²) in [5, 5.41) is 9.39. The molecule has 2 unspecified atom stereocenters. The van der Waals surface area contributed by atoms with E-state index in [0.29, 0.717) is 24.9 Å². The molecule has 2 atom stereocenters. The molecule has 1 saturated carbocycles. The molecule has 1 aliphatic heterocycles. The molecule has 166 valence electrons. The lowest BCUT2D eigenvalue weighted by Gasteiger charge is -2.37. The van der Waals surface area contributed by atoms with Gasteiger partial charge in [-0.05, 0) is 70.2 Å². The molecule has 2 aliphatic rings. The molecule has 8 nitrogen and oxygen atoms in total. The van der Waals surface area contributed by atoms with Crippen LogP contribution in [0.1, 0.15) is 65.0 Å². The summed E-state index contributed by atoms with van der Waals surface area (Å²) in [5.74, 6) is -0.525. The highest BCUT2D eigenvalue weighted by atomic mass is 32.2. The van der Waals surface area contributed by atoms with E-state index in [1.54, 1.807) is 27.7 Å². The summed E-state index contributed by atoms with van der Waals surface area (Å²) < 4.78 is 31.9. The fraction of sp³-hybridized carbons (Fsp3) is 0.619. The molecule has 0 spiro atoms. The van der Waals surface area contributed by atoms with Crippen molar-refractivity contribution in [2.45, 2.75) is 75.2 Å². The maximum Gasteiger partial charge on any atom is 0.407 e. The number of anilines is 1. The number of amides is 1. The van der Waals surface area contributed by atoms with Crippen LogP contribution in [0, 0.1) is 5.41 Å². The number of nitrogens with zero attached hydrogens (tertiary/aromatic N) is 1. The second kappa shape index (κ2) is 7.44. The lowest BCUT2D eigenvalue weighted by molar-refractivity contribution is -0.169. The molecule has 1 saturated heterocycles. The number of nitrogens with two attached hydrogens (primary N) is 1. The summed E-state index contributed by atoms with van der Waals surface area (Å²) in [5.41, 5.74) is 4.59. The van der Waals surface area contributed by atoms with E-state index in [9.17, 15) is 23.1 Å². The number of carbonyl (C=O) groups excluding carboxylic acids is 1. The van der Waals surface area contributed by atoms with Gasteiger partial charge in [0.1, 0.15) is 5.60 Å². The Hall–Kier alpha value is -2.29. The number of sulfone groups is 1. The standard InChI is InChI=1S/C21H30N2O6S/c1-5-21(18(24)29-20(2,3)4)10-11-23(19(25)26)17(21)15-12-13(22)6-9-16(15)30(27,28)14-7-8-14/h6,9,12,14,17H,5,7-8,10-11,22H2,1-4H3,(H,25,26). The summed E-state index contributed by atoms with van der Waals surface area (Å²) in [4.78, 5) is 26.6. The number of carbonyl (C=O) groups is 2. The first-order valence-corrected chi connectivity index (χ1v) is 11.7. The first-order chi connectivity index (χ1) is 13.8. The van der Waals surface area contributed by atoms with Crippen LogP contribution in [0.4, 0.5) is 10.5 Å². The van der Waals surface area contributed by atoms with Crippen molar-refractivity contribution < 1.29 is 27.9 Å². The van der Waals surface area contributed by atoms with E-state index >= 15 is 0 Å². The molecule has 0 bridgehead atoms. The second-order valence-electron chi connectivity index (χ2n) is 9.18. The van der Waals surface area contributed by atoms with E-state index < -0.39 is 44.2 Å². The quantitative estimate of drug-likeness (QED) is 0.533. The van der Waals surface area contributed by atoms with Gasteiger partial charge in [-0.3, -0.25) is 4.79 Å². The van der Waals surface area contributed by atoms with Crippen molar-refractivity contribution in [1.82, 2.24) is 4.90 Å². The Labute approximate surface area is 177 Å². The highest BCUT2D eigenvalue weighted by molar-refractivity contribution is 7.92. The van der Waals surface area contributed by atoms with E-state index in [-0.39, 0.29) is 23.4 Å². The first-order valence-electron chi connectivity index (χ1n) is 10.2. The Morgan fingerprint density at radius 2 is 1.93 bits per heavy atom. The van der Waals surface area contributed by atoms with Gasteiger partial charge in [-0.15, -0.1) is 0 Å². The van der Waals surface area contributed by atoms with Gasteiger partial charge in [-0.1, -0.05) is 6.92 Å². The molecule has 0 aromatic heterocycles. The third kappa shape index (κ3) is 3.87. The number of rotatable bonds is 5. The zero-order valence-corrected chi connectivity index (χ0v) is 18.7. The molecule has 1 heterocycles. The molecule has 9 heteroatoms. The zero-order chi connectivity index (χ0) is 22.5. The Bertz CT molecular complexity index is 964. The number of esters is 1. The van der Waals surface area contributed by atoms with Crippen LogP contribution in [0.15, 0.2) is 23.1 Å². The predicted molar refractivity (Wildman–Crippen MR) is 112 cm³/mol. The van der Waals surface area contributed by atoms with Gasteiger partial charge in [0, 0.05) is 12.2 Å². The van der Waals surface area contributed by atoms with Gasteiger partial charge in [0.25, 0.3) is 0 Å². The third-order valence-corrected chi connectivity index (χ3v) is 8.25. The SMILES string of the molecule is CCC1(C(=O)OC(C)(C)C)CCN(C(=O)O)C1c1cc(N)ccc1S(=O)(=O)C1CC1. The summed E-state index contributed by atoms with van der Waals surface area (Å²) in [6.07, 6.45) is 0.479. The minimum absolute atomic E-state index is 0.0544. The molecule has 30 heavy (non-hydrogen) atoms. The molecule has 1 aromatic carbocycles. The number of carboxylic acid groups (broad SMARTS) is 1. The van der Waals surface area contributed by atoms with Crippen LogP contribution < -0.4 is 5.73 Å². The number of hydrogen-bond acceptors (Lipinski definition) is 6. The summed E-state index contributed by atoms with van der Waals surface area (Å²) >= 11 is 0. The predicted octanol–water partition coefficient (Wildman–Crippen LogP) is 3.37. The zero-order valence-electron chi connectivity index (χ0n) is 17.8. The van der Waals surface area contributed by atoms with Crippen molar-refractivity contribution in [2.75, 3.05) is 12.3 Å². The van der Waals surface area contributed by atoms with Gasteiger partial charge in [-0.25, -0.2) is 13.2 Å². The topological polar surface area (TPSA) is 127 Å². The van der Waals surface area contributed by atoms with E-state index in [1.165, 1.54) is 18.2 Å². The van der Waals surface area contributed by atoms with E-state index in [2.05, 4.69) is 0 Å². The maximum absolute atomic E-state index is 13.3. The average molecular weight is 439 g/mol. The Morgan fingerprint density at radius 1 is 1.30 bits per heavy atom. The Kier molecular flexibility index (Phi) is 5.56. The Morgan fingerprint density at radius 3 is 2.43 bits per heavy atom. The van der Waals surface area contributed by atoms with Crippen LogP contribution in [0.5, 0.6) is 0 Å². The molecule has 0 radical (unpaired) electrons. The summed E-state index contributed by atoms with van der Waals surface area (Å²) in [7, 11) is -3.65. The lowest BCUT2D eigenvalue weighted by Crippen LogP contribution is -2.43. The average Bonchev–Trinajstić information content (AvgIpc) is 3.40. The van der Waals surface area contributed by atoms with Gasteiger partial charge < -0.3 is 20.5 Å². The largest absolute Gasteiger partial charge is 0.465 e. The van der Waals surface area contributed by atoms with Gasteiger partial charge in [0.2, 0.25) is 0 Å². The van der Waals surface area contributed by atoms with Crippen LogP contribution in [0.3, 0.4) is 0 Å². The minimum atomic E-state index is -3.65. The Balaban J connectivity index is 2.22. The van der Waals surface area contributed by atoms with Crippen LogP contribution in [0.25, 0.3) is 0 Å². The molecular weight excluding hydrogens is 408 g/mol. The lowest BCUT2D eigenvalue weighted by atomic mass is 9.74. The van der Waals surface area contributed by atoms with Gasteiger partial charge >= 0.3 is 12.1 Å². The van der Waals surface area contributed by atoms with Gasteiger partial charge in [-0.2, -0.15) is 0 Å². The number of likely N-dealkylation sites (tertiary alicyclic amines) is 1. The fourth-order valence-corrected chi connectivity index (χ4v) is 6.13. The first kappa shape index (κ1) is 22.4. The van der Waals surface area contributed by atoms with Crippen LogP contribution in [-0.4, -0.2) is 47.9 Å². The van der Waals surface area contributed by atoms with E-state index in [1.807, 2.05) is 0 Å². The monoisotopic (exact) mass is 438 g/mol. The molecule has 1 aromatic rings. The molecule has 1 aliphatic carbocycles. The highest BCUT2D eigenvalue weighted by Gasteiger charge is 2.57. The molecule has 3 rings (SSSR count). The van der Waals surface area contributed by atoms with E-state index in [0.717, 1.165) is 4.90 Å². The summed E-state index contributed by atoms with van der Waals surface area (Å²) in [6, 6.07) is 3.43. The number of nitrogen functional groups attached to an aromatic ring is 1. The number of benzene rings is 1. The molecule has 3 N–H and O–H groups in total. The highest BCUT2D eigenvalue weighted by Crippen LogP contribution is 2.53. The van der Waals surface area contributed by atoms with Gasteiger partial charge in [0.15, 0.2) is 9.84 Å².